The Labute approximate surface area is 321 Å². The lowest BCUT2D eigenvalue weighted by atomic mass is 10.0. The highest BCUT2D eigenvalue weighted by Crippen LogP contribution is 2.30. The zero-order valence-electron chi connectivity index (χ0n) is 33.4. The van der Waals surface area contributed by atoms with Crippen LogP contribution < -0.4 is 0 Å². The van der Waals surface area contributed by atoms with Gasteiger partial charge in [0.25, 0.3) is 0 Å². The first-order valence-electron chi connectivity index (χ1n) is 22.5. The molecule has 0 saturated heterocycles. The Morgan fingerprint density at radius 2 is 0.469 bits per heavy atom. The Balaban J connectivity index is 1.74. The SMILES string of the molecule is CCCCCCCCCCCCCCCCCCCCCSc1nnc(SCCCCCCCCCCCCCCCCCCCCC)s1. The summed E-state index contributed by atoms with van der Waals surface area (Å²) in [6.45, 7) is 4.61. The normalized spacial score (nSPS) is 11.6. The van der Waals surface area contributed by atoms with Gasteiger partial charge in [-0.1, -0.05) is 280 Å². The third-order valence-corrected chi connectivity index (χ3v) is 13.7. The lowest BCUT2D eigenvalue weighted by Gasteiger charge is -2.04. The van der Waals surface area contributed by atoms with Gasteiger partial charge in [-0.15, -0.1) is 10.2 Å². The molecule has 0 aliphatic rings. The van der Waals surface area contributed by atoms with Crippen molar-refractivity contribution in [1.29, 1.82) is 0 Å². The van der Waals surface area contributed by atoms with Gasteiger partial charge in [-0.3, -0.25) is 0 Å². The van der Waals surface area contributed by atoms with Crippen molar-refractivity contribution in [2.24, 2.45) is 0 Å². The van der Waals surface area contributed by atoms with Gasteiger partial charge in [-0.05, 0) is 12.8 Å². The first kappa shape index (κ1) is 47.3. The molecular formula is C44H86N2S3. The first-order chi connectivity index (χ1) is 24.4. The van der Waals surface area contributed by atoms with E-state index in [0.717, 1.165) is 0 Å². The van der Waals surface area contributed by atoms with Gasteiger partial charge in [0.15, 0.2) is 8.68 Å². The highest BCUT2D eigenvalue weighted by Gasteiger charge is 2.05. The average Bonchev–Trinajstić information content (AvgIpc) is 3.57. The summed E-state index contributed by atoms with van der Waals surface area (Å²) in [6.07, 6.45) is 54.9. The Hall–Kier alpha value is 0.260. The summed E-state index contributed by atoms with van der Waals surface area (Å²) in [5.74, 6) is 2.41. The van der Waals surface area contributed by atoms with Gasteiger partial charge in [0.2, 0.25) is 0 Å². The molecule has 0 atom stereocenters. The lowest BCUT2D eigenvalue weighted by molar-refractivity contribution is 0.524. The van der Waals surface area contributed by atoms with Gasteiger partial charge < -0.3 is 0 Å². The Kier molecular flexibility index (Phi) is 39.6. The van der Waals surface area contributed by atoms with Crippen LogP contribution in [0.4, 0.5) is 0 Å². The van der Waals surface area contributed by atoms with Crippen LogP contribution in [0.5, 0.6) is 0 Å². The van der Waals surface area contributed by atoms with E-state index in [9.17, 15) is 0 Å². The van der Waals surface area contributed by atoms with E-state index in [1.807, 2.05) is 34.9 Å². The van der Waals surface area contributed by atoms with Crippen molar-refractivity contribution < 1.29 is 0 Å². The average molecular weight is 739 g/mol. The molecule has 1 aromatic heterocycles. The molecule has 0 radical (unpaired) electrons. The van der Waals surface area contributed by atoms with Crippen molar-refractivity contribution in [3.8, 4) is 0 Å². The predicted octanol–water partition coefficient (Wildman–Crippen LogP) is 17.6. The van der Waals surface area contributed by atoms with E-state index >= 15 is 0 Å². The fourth-order valence-electron chi connectivity index (χ4n) is 6.99. The van der Waals surface area contributed by atoms with Crippen LogP contribution in [0, 0.1) is 0 Å². The first-order valence-corrected chi connectivity index (χ1v) is 25.2. The second kappa shape index (κ2) is 41.0. The molecule has 290 valence electrons. The second-order valence-corrected chi connectivity index (χ2v) is 18.9. The summed E-state index contributed by atoms with van der Waals surface area (Å²) in [5, 5.41) is 8.90. The Morgan fingerprint density at radius 1 is 0.286 bits per heavy atom. The number of hydrogen-bond acceptors (Lipinski definition) is 5. The standard InChI is InChI=1S/C44H86N2S3/c1-3-5-7-9-11-13-15-17-19-21-23-25-27-29-31-33-35-37-39-41-47-43-45-46-44(49-43)48-42-40-38-36-34-32-30-28-26-24-22-20-18-16-14-12-10-8-6-4-2/h3-42H2,1-2H3. The fourth-order valence-corrected chi connectivity index (χ4v) is 10.2. The van der Waals surface area contributed by atoms with E-state index in [2.05, 4.69) is 24.0 Å². The van der Waals surface area contributed by atoms with Gasteiger partial charge in [0.05, 0.1) is 0 Å². The molecule has 0 N–H and O–H groups in total. The molecule has 5 heteroatoms. The Bertz CT molecular complexity index is 681. The molecule has 0 spiro atoms. The number of rotatable bonds is 42. The summed E-state index contributed by atoms with van der Waals surface area (Å²) >= 11 is 5.68. The zero-order chi connectivity index (χ0) is 35.0. The monoisotopic (exact) mass is 739 g/mol. The fraction of sp³-hybridized carbons (Fsp3) is 0.955. The predicted molar refractivity (Wildman–Crippen MR) is 228 cm³/mol. The van der Waals surface area contributed by atoms with Crippen LogP contribution in [-0.4, -0.2) is 21.7 Å². The van der Waals surface area contributed by atoms with E-state index in [-0.39, 0.29) is 0 Å². The van der Waals surface area contributed by atoms with Gasteiger partial charge in [-0.25, -0.2) is 0 Å². The molecule has 0 aliphatic carbocycles. The Morgan fingerprint density at radius 3 is 0.673 bits per heavy atom. The number of aromatic nitrogens is 2. The molecule has 0 saturated carbocycles. The molecular weight excluding hydrogens is 653 g/mol. The maximum atomic E-state index is 4.45. The van der Waals surface area contributed by atoms with E-state index in [4.69, 9.17) is 0 Å². The summed E-state index contributed by atoms with van der Waals surface area (Å²) in [4.78, 5) is 0. The minimum atomic E-state index is 1.18. The smallest absolute Gasteiger partial charge is 0.131 e. The number of hydrogen-bond donors (Lipinski definition) is 0. The second-order valence-electron chi connectivity index (χ2n) is 15.3. The molecule has 1 aromatic rings. The van der Waals surface area contributed by atoms with Crippen LogP contribution >= 0.6 is 34.9 Å². The van der Waals surface area contributed by atoms with Gasteiger partial charge in [0.1, 0.15) is 0 Å². The molecule has 0 amide bonds. The van der Waals surface area contributed by atoms with Crippen molar-refractivity contribution in [3.05, 3.63) is 0 Å². The molecule has 0 aromatic carbocycles. The van der Waals surface area contributed by atoms with Crippen LogP contribution in [0.2, 0.25) is 0 Å². The maximum Gasteiger partial charge on any atom is 0.175 e. The minimum absolute atomic E-state index is 1.18. The summed E-state index contributed by atoms with van der Waals surface area (Å²) < 4.78 is 2.36. The molecule has 1 heterocycles. The van der Waals surface area contributed by atoms with Gasteiger partial charge >= 0.3 is 0 Å². The molecule has 1 rings (SSSR count). The number of thioether (sulfide) groups is 2. The molecule has 0 aliphatic heterocycles. The van der Waals surface area contributed by atoms with Crippen LogP contribution in [0.15, 0.2) is 8.68 Å². The summed E-state index contributed by atoms with van der Waals surface area (Å²) in [7, 11) is 0. The van der Waals surface area contributed by atoms with E-state index in [1.165, 1.54) is 264 Å². The van der Waals surface area contributed by atoms with Crippen molar-refractivity contribution in [2.45, 2.75) is 267 Å². The van der Waals surface area contributed by atoms with E-state index in [0.29, 0.717) is 0 Å². The van der Waals surface area contributed by atoms with Crippen LogP contribution in [0.3, 0.4) is 0 Å². The molecule has 49 heavy (non-hydrogen) atoms. The molecule has 0 bridgehead atoms. The highest BCUT2D eigenvalue weighted by molar-refractivity contribution is 8.03. The minimum Gasteiger partial charge on any atom is -0.131 e. The third-order valence-electron chi connectivity index (χ3n) is 10.3. The topological polar surface area (TPSA) is 25.8 Å². The molecule has 0 unspecified atom stereocenters. The highest BCUT2D eigenvalue weighted by atomic mass is 32.2. The van der Waals surface area contributed by atoms with E-state index in [1.54, 1.807) is 0 Å². The van der Waals surface area contributed by atoms with Gasteiger partial charge in [-0.2, -0.15) is 0 Å². The molecule has 0 fully saturated rings. The van der Waals surface area contributed by atoms with Crippen LogP contribution in [-0.2, 0) is 0 Å². The summed E-state index contributed by atoms with van der Waals surface area (Å²) in [6, 6.07) is 0. The van der Waals surface area contributed by atoms with E-state index < -0.39 is 0 Å². The van der Waals surface area contributed by atoms with Crippen molar-refractivity contribution in [1.82, 2.24) is 10.2 Å². The largest absolute Gasteiger partial charge is 0.175 e. The zero-order valence-corrected chi connectivity index (χ0v) is 35.9. The van der Waals surface area contributed by atoms with Crippen molar-refractivity contribution in [3.63, 3.8) is 0 Å². The van der Waals surface area contributed by atoms with Crippen molar-refractivity contribution >= 4 is 34.9 Å². The quantitative estimate of drug-likeness (QED) is 0.0493. The van der Waals surface area contributed by atoms with Gasteiger partial charge in [0, 0.05) is 11.5 Å². The third kappa shape index (κ3) is 36.4. The van der Waals surface area contributed by atoms with Crippen LogP contribution in [0.1, 0.15) is 258 Å². The lowest BCUT2D eigenvalue weighted by Crippen LogP contribution is -1.85. The maximum absolute atomic E-state index is 4.45. The molecule has 2 nitrogen and oxygen atoms in total. The number of unbranched alkanes of at least 4 members (excludes halogenated alkanes) is 36. The number of nitrogens with zero attached hydrogens (tertiary/aromatic N) is 2. The van der Waals surface area contributed by atoms with Crippen molar-refractivity contribution in [2.75, 3.05) is 11.5 Å². The van der Waals surface area contributed by atoms with Crippen LogP contribution in [0.25, 0.3) is 0 Å². The summed E-state index contributed by atoms with van der Waals surface area (Å²) in [5.41, 5.74) is 0.